The highest BCUT2D eigenvalue weighted by molar-refractivity contribution is 7.98. The Hall–Kier alpha value is -0.920. The number of anilines is 1. The Morgan fingerprint density at radius 1 is 1.47 bits per heavy atom. The molecular formula is C10H16N2O3S2. The van der Waals surface area contributed by atoms with Gasteiger partial charge in [0, 0.05) is 19.3 Å². The monoisotopic (exact) mass is 276 g/mol. The van der Waals surface area contributed by atoms with Crippen molar-refractivity contribution < 1.29 is 13.5 Å². The number of phenols is 1. The van der Waals surface area contributed by atoms with Gasteiger partial charge in [-0.1, -0.05) is 0 Å². The summed E-state index contributed by atoms with van der Waals surface area (Å²) < 4.78 is 25.4. The maximum Gasteiger partial charge on any atom is 0.242 e. The van der Waals surface area contributed by atoms with Crippen molar-refractivity contribution in [3.05, 3.63) is 18.2 Å². The first kappa shape index (κ1) is 14.1. The molecule has 0 aliphatic carbocycles. The standard InChI is InChI=1S/C10H16N2O3S2/c1-12(5-6-16-2)17(14,15)8-3-4-10(13)9(11)7-8/h3-4,7,13H,5-6,11H2,1-2H3. The highest BCUT2D eigenvalue weighted by Crippen LogP contribution is 2.24. The van der Waals surface area contributed by atoms with E-state index in [1.165, 1.54) is 29.6 Å². The van der Waals surface area contributed by atoms with Crippen molar-refractivity contribution in [2.45, 2.75) is 4.90 Å². The Morgan fingerprint density at radius 2 is 2.12 bits per heavy atom. The van der Waals surface area contributed by atoms with E-state index < -0.39 is 10.0 Å². The Morgan fingerprint density at radius 3 is 2.65 bits per heavy atom. The maximum absolute atomic E-state index is 12.1. The number of hydrogen-bond donors (Lipinski definition) is 2. The lowest BCUT2D eigenvalue weighted by Crippen LogP contribution is -2.29. The number of nitrogens with two attached hydrogens (primary N) is 1. The molecular weight excluding hydrogens is 260 g/mol. The molecule has 1 aromatic rings. The zero-order valence-corrected chi connectivity index (χ0v) is 11.4. The van der Waals surface area contributed by atoms with Crippen molar-refractivity contribution >= 4 is 27.5 Å². The first-order valence-electron chi connectivity index (χ1n) is 4.93. The molecule has 0 unspecified atom stereocenters. The van der Waals surface area contributed by atoms with Crippen molar-refractivity contribution in [2.75, 3.05) is 31.3 Å². The van der Waals surface area contributed by atoms with Gasteiger partial charge in [-0.3, -0.25) is 0 Å². The predicted molar refractivity (Wildman–Crippen MR) is 70.7 cm³/mol. The predicted octanol–water partition coefficient (Wildman–Crippen LogP) is 0.958. The van der Waals surface area contributed by atoms with Crippen molar-refractivity contribution in [2.24, 2.45) is 0 Å². The van der Waals surface area contributed by atoms with E-state index >= 15 is 0 Å². The van der Waals surface area contributed by atoms with Crippen LogP contribution in [0, 0.1) is 0 Å². The molecule has 0 atom stereocenters. The van der Waals surface area contributed by atoms with Crippen LogP contribution in [-0.4, -0.2) is 43.4 Å². The molecule has 96 valence electrons. The molecule has 0 saturated heterocycles. The van der Waals surface area contributed by atoms with Gasteiger partial charge in [0.2, 0.25) is 10.0 Å². The molecule has 0 amide bonds. The van der Waals surface area contributed by atoms with Crippen LogP contribution in [0.25, 0.3) is 0 Å². The van der Waals surface area contributed by atoms with Crippen LogP contribution in [0.2, 0.25) is 0 Å². The van der Waals surface area contributed by atoms with Crippen LogP contribution in [0.15, 0.2) is 23.1 Å². The van der Waals surface area contributed by atoms with E-state index in [1.54, 1.807) is 11.8 Å². The summed E-state index contributed by atoms with van der Waals surface area (Å²) in [6, 6.07) is 3.89. The lowest BCUT2D eigenvalue weighted by atomic mass is 10.3. The van der Waals surface area contributed by atoms with Gasteiger partial charge in [-0.05, 0) is 24.5 Å². The van der Waals surface area contributed by atoms with Gasteiger partial charge in [-0.25, -0.2) is 12.7 Å². The van der Waals surface area contributed by atoms with Crippen LogP contribution in [0.4, 0.5) is 5.69 Å². The fourth-order valence-electron chi connectivity index (χ4n) is 1.21. The van der Waals surface area contributed by atoms with Gasteiger partial charge in [0.15, 0.2) is 0 Å². The van der Waals surface area contributed by atoms with Gasteiger partial charge in [-0.15, -0.1) is 0 Å². The molecule has 17 heavy (non-hydrogen) atoms. The fourth-order valence-corrected chi connectivity index (χ4v) is 2.99. The van der Waals surface area contributed by atoms with Crippen molar-refractivity contribution in [3.8, 4) is 5.75 Å². The molecule has 7 heteroatoms. The van der Waals surface area contributed by atoms with E-state index in [-0.39, 0.29) is 16.3 Å². The smallest absolute Gasteiger partial charge is 0.242 e. The van der Waals surface area contributed by atoms with Crippen LogP contribution < -0.4 is 5.73 Å². The van der Waals surface area contributed by atoms with E-state index in [2.05, 4.69) is 0 Å². The van der Waals surface area contributed by atoms with E-state index in [1.807, 2.05) is 6.26 Å². The normalized spacial score (nSPS) is 11.9. The van der Waals surface area contributed by atoms with E-state index in [4.69, 9.17) is 5.73 Å². The summed E-state index contributed by atoms with van der Waals surface area (Å²) in [6.45, 7) is 0.435. The second kappa shape index (κ2) is 5.61. The molecule has 3 N–H and O–H groups in total. The zero-order chi connectivity index (χ0) is 13.1. The number of aromatic hydroxyl groups is 1. The Labute approximate surface area is 106 Å². The Kier molecular flexibility index (Phi) is 4.67. The third kappa shape index (κ3) is 3.27. The van der Waals surface area contributed by atoms with Gasteiger partial charge in [0.05, 0.1) is 10.6 Å². The molecule has 0 aromatic heterocycles. The molecule has 1 rings (SSSR count). The van der Waals surface area contributed by atoms with Crippen molar-refractivity contribution in [1.82, 2.24) is 4.31 Å². The summed E-state index contributed by atoms with van der Waals surface area (Å²) in [4.78, 5) is 0.0939. The summed E-state index contributed by atoms with van der Waals surface area (Å²) in [7, 11) is -2.00. The zero-order valence-electron chi connectivity index (χ0n) is 9.75. The van der Waals surface area contributed by atoms with Crippen LogP contribution >= 0.6 is 11.8 Å². The number of sulfonamides is 1. The van der Waals surface area contributed by atoms with Crippen LogP contribution in [0.1, 0.15) is 0 Å². The Bertz CT molecular complexity index is 488. The summed E-state index contributed by atoms with van der Waals surface area (Å²) in [5.74, 6) is 0.610. The van der Waals surface area contributed by atoms with Crippen LogP contribution in [0.5, 0.6) is 5.75 Å². The lowest BCUT2D eigenvalue weighted by molar-refractivity contribution is 0.476. The van der Waals surface area contributed by atoms with Gasteiger partial charge < -0.3 is 10.8 Å². The molecule has 0 aliphatic heterocycles. The molecule has 0 fully saturated rings. The number of nitrogen functional groups attached to an aromatic ring is 1. The minimum absolute atomic E-state index is 0.0596. The number of phenolic OH excluding ortho intramolecular Hbond substituents is 1. The Balaban J connectivity index is 3.00. The van der Waals surface area contributed by atoms with Gasteiger partial charge in [0.25, 0.3) is 0 Å². The van der Waals surface area contributed by atoms with Gasteiger partial charge in [-0.2, -0.15) is 11.8 Å². The summed E-state index contributed by atoms with van der Waals surface area (Å²) in [5, 5.41) is 9.25. The third-order valence-corrected chi connectivity index (χ3v) is 4.76. The van der Waals surface area contributed by atoms with E-state index in [9.17, 15) is 13.5 Å². The lowest BCUT2D eigenvalue weighted by Gasteiger charge is -2.16. The summed E-state index contributed by atoms with van der Waals surface area (Å²) >= 11 is 1.58. The summed E-state index contributed by atoms with van der Waals surface area (Å²) in [6.07, 6.45) is 1.92. The second-order valence-corrected chi connectivity index (χ2v) is 6.57. The largest absolute Gasteiger partial charge is 0.506 e. The molecule has 0 heterocycles. The van der Waals surface area contributed by atoms with Crippen LogP contribution in [-0.2, 0) is 10.0 Å². The summed E-state index contributed by atoms with van der Waals surface area (Å²) in [5.41, 5.74) is 5.54. The van der Waals surface area contributed by atoms with Crippen molar-refractivity contribution in [1.29, 1.82) is 0 Å². The molecule has 0 saturated carbocycles. The SMILES string of the molecule is CSCCN(C)S(=O)(=O)c1ccc(O)c(N)c1. The number of hydrogen-bond acceptors (Lipinski definition) is 5. The van der Waals surface area contributed by atoms with E-state index in [0.29, 0.717) is 6.54 Å². The number of nitrogens with zero attached hydrogens (tertiary/aromatic N) is 1. The number of rotatable bonds is 5. The third-order valence-electron chi connectivity index (χ3n) is 2.32. The molecule has 0 aliphatic rings. The van der Waals surface area contributed by atoms with Crippen molar-refractivity contribution in [3.63, 3.8) is 0 Å². The first-order chi connectivity index (χ1) is 7.89. The molecule has 0 bridgehead atoms. The van der Waals surface area contributed by atoms with Gasteiger partial charge in [0.1, 0.15) is 5.75 Å². The molecule has 0 radical (unpaired) electrons. The minimum atomic E-state index is -3.52. The average Bonchev–Trinajstić information content (AvgIpc) is 2.29. The quantitative estimate of drug-likeness (QED) is 0.618. The second-order valence-electron chi connectivity index (χ2n) is 3.54. The maximum atomic E-state index is 12.1. The number of thioether (sulfide) groups is 1. The number of benzene rings is 1. The topological polar surface area (TPSA) is 83.6 Å². The fraction of sp³-hybridized carbons (Fsp3) is 0.400. The molecule has 1 aromatic carbocycles. The first-order valence-corrected chi connectivity index (χ1v) is 7.76. The average molecular weight is 276 g/mol. The van der Waals surface area contributed by atoms with Gasteiger partial charge >= 0.3 is 0 Å². The molecule has 5 nitrogen and oxygen atoms in total. The highest BCUT2D eigenvalue weighted by atomic mass is 32.2. The molecule has 0 spiro atoms. The van der Waals surface area contributed by atoms with E-state index in [0.717, 1.165) is 5.75 Å². The minimum Gasteiger partial charge on any atom is -0.506 e. The highest BCUT2D eigenvalue weighted by Gasteiger charge is 2.20. The van der Waals surface area contributed by atoms with Crippen LogP contribution in [0.3, 0.4) is 0 Å².